The van der Waals surface area contributed by atoms with Gasteiger partial charge in [-0.25, -0.2) is 9.18 Å². The Hall–Kier alpha value is -2.88. The number of carbonyl (C=O) groups is 1. The lowest BCUT2D eigenvalue weighted by atomic mass is 9.99. The SMILES string of the molecule is CCCCCC(=Cc1c(-c2ccc(F)cc2)c2ccccc2n1C(C)C)C(=O)OC. The Morgan fingerprint density at radius 1 is 1.10 bits per heavy atom. The highest BCUT2D eigenvalue weighted by atomic mass is 19.1. The number of aromatic nitrogens is 1. The summed E-state index contributed by atoms with van der Waals surface area (Å²) in [5.74, 6) is -0.560. The van der Waals surface area contributed by atoms with Gasteiger partial charge in [-0.2, -0.15) is 0 Å². The number of hydrogen-bond acceptors (Lipinski definition) is 2. The molecule has 0 bridgehead atoms. The Morgan fingerprint density at radius 2 is 1.80 bits per heavy atom. The maximum absolute atomic E-state index is 13.6. The third kappa shape index (κ3) is 4.48. The van der Waals surface area contributed by atoms with Gasteiger partial charge in [-0.05, 0) is 56.5 Å². The first-order valence-electron chi connectivity index (χ1n) is 10.7. The number of unbranched alkanes of at least 4 members (excludes halogenated alkanes) is 2. The molecule has 0 radical (unpaired) electrons. The van der Waals surface area contributed by atoms with Crippen LogP contribution in [0.5, 0.6) is 0 Å². The van der Waals surface area contributed by atoms with Crippen LogP contribution in [0.15, 0.2) is 54.1 Å². The second-order valence-electron chi connectivity index (χ2n) is 7.87. The first-order valence-corrected chi connectivity index (χ1v) is 10.7. The summed E-state index contributed by atoms with van der Waals surface area (Å²) in [6, 6.07) is 14.9. The van der Waals surface area contributed by atoms with Gasteiger partial charge in [0.05, 0.1) is 12.8 Å². The summed E-state index contributed by atoms with van der Waals surface area (Å²) in [4.78, 5) is 12.5. The van der Waals surface area contributed by atoms with Crippen LogP contribution < -0.4 is 0 Å². The largest absolute Gasteiger partial charge is 0.466 e. The van der Waals surface area contributed by atoms with Crippen molar-refractivity contribution in [1.29, 1.82) is 0 Å². The van der Waals surface area contributed by atoms with Gasteiger partial charge in [0.15, 0.2) is 0 Å². The number of halogens is 1. The molecule has 0 aliphatic heterocycles. The summed E-state index contributed by atoms with van der Waals surface area (Å²) in [6.45, 7) is 6.41. The standard InChI is InChI=1S/C26H30FNO2/c1-5-6-7-10-20(26(29)30-4)17-24-25(19-13-15-21(27)16-14-19)22-11-8-9-12-23(22)28(24)18(2)3/h8-9,11-18H,5-7,10H2,1-4H3. The molecule has 158 valence electrons. The zero-order valence-electron chi connectivity index (χ0n) is 18.2. The number of esters is 1. The quantitative estimate of drug-likeness (QED) is 0.225. The van der Waals surface area contributed by atoms with E-state index in [-0.39, 0.29) is 17.8 Å². The summed E-state index contributed by atoms with van der Waals surface area (Å²) in [7, 11) is 1.43. The van der Waals surface area contributed by atoms with Crippen LogP contribution in [0.4, 0.5) is 4.39 Å². The van der Waals surface area contributed by atoms with Crippen molar-refractivity contribution in [2.24, 2.45) is 0 Å². The molecular weight excluding hydrogens is 377 g/mol. The van der Waals surface area contributed by atoms with Gasteiger partial charge < -0.3 is 9.30 Å². The number of benzene rings is 2. The zero-order chi connectivity index (χ0) is 21.7. The van der Waals surface area contributed by atoms with E-state index >= 15 is 0 Å². The molecule has 30 heavy (non-hydrogen) atoms. The molecule has 1 aromatic heterocycles. The Kier molecular flexibility index (Phi) is 7.09. The molecule has 0 fully saturated rings. The van der Waals surface area contributed by atoms with Crippen LogP contribution >= 0.6 is 0 Å². The minimum Gasteiger partial charge on any atom is -0.466 e. The minimum absolute atomic E-state index is 0.185. The van der Waals surface area contributed by atoms with Crippen molar-refractivity contribution in [3.63, 3.8) is 0 Å². The van der Waals surface area contributed by atoms with E-state index in [1.54, 1.807) is 12.1 Å². The summed E-state index contributed by atoms with van der Waals surface area (Å²) >= 11 is 0. The fourth-order valence-corrected chi connectivity index (χ4v) is 4.00. The average Bonchev–Trinajstić information content (AvgIpc) is 3.07. The summed E-state index contributed by atoms with van der Waals surface area (Å²) in [5.41, 5.74) is 4.65. The monoisotopic (exact) mass is 407 g/mol. The smallest absolute Gasteiger partial charge is 0.333 e. The third-order valence-corrected chi connectivity index (χ3v) is 5.41. The number of nitrogens with zero attached hydrogens (tertiary/aromatic N) is 1. The van der Waals surface area contributed by atoms with Gasteiger partial charge in [-0.1, -0.05) is 50.1 Å². The molecule has 0 saturated carbocycles. The van der Waals surface area contributed by atoms with Crippen LogP contribution in [-0.2, 0) is 9.53 Å². The van der Waals surface area contributed by atoms with E-state index in [0.29, 0.717) is 12.0 Å². The molecule has 0 atom stereocenters. The molecule has 4 heteroatoms. The Labute approximate surface area is 178 Å². The number of hydrogen-bond donors (Lipinski definition) is 0. The average molecular weight is 408 g/mol. The van der Waals surface area contributed by atoms with Crippen molar-refractivity contribution in [2.45, 2.75) is 52.5 Å². The van der Waals surface area contributed by atoms with Gasteiger partial charge in [0.1, 0.15) is 5.82 Å². The first kappa shape index (κ1) is 21.8. The zero-order valence-corrected chi connectivity index (χ0v) is 18.2. The van der Waals surface area contributed by atoms with Crippen molar-refractivity contribution in [2.75, 3.05) is 7.11 Å². The van der Waals surface area contributed by atoms with Crippen LogP contribution in [0.25, 0.3) is 28.1 Å². The molecule has 0 saturated heterocycles. The van der Waals surface area contributed by atoms with Gasteiger partial charge in [-0.15, -0.1) is 0 Å². The molecule has 0 N–H and O–H groups in total. The third-order valence-electron chi connectivity index (χ3n) is 5.41. The maximum Gasteiger partial charge on any atom is 0.333 e. The molecule has 3 nitrogen and oxygen atoms in total. The lowest BCUT2D eigenvalue weighted by Crippen LogP contribution is -2.08. The van der Waals surface area contributed by atoms with E-state index in [2.05, 4.69) is 37.5 Å². The molecular formula is C26H30FNO2. The number of fused-ring (bicyclic) bond motifs is 1. The molecule has 0 spiro atoms. The van der Waals surface area contributed by atoms with Crippen molar-refractivity contribution in [1.82, 2.24) is 4.57 Å². The van der Waals surface area contributed by atoms with Crippen LogP contribution in [-0.4, -0.2) is 17.6 Å². The van der Waals surface area contributed by atoms with Gasteiger partial charge >= 0.3 is 5.97 Å². The van der Waals surface area contributed by atoms with E-state index in [4.69, 9.17) is 4.74 Å². The normalized spacial score (nSPS) is 12.0. The van der Waals surface area contributed by atoms with Crippen LogP contribution in [0.1, 0.15) is 58.2 Å². The van der Waals surface area contributed by atoms with E-state index in [9.17, 15) is 9.18 Å². The molecule has 0 unspecified atom stereocenters. The summed E-state index contributed by atoms with van der Waals surface area (Å²) < 4.78 is 20.9. The fourth-order valence-electron chi connectivity index (χ4n) is 4.00. The summed E-state index contributed by atoms with van der Waals surface area (Å²) in [6.07, 6.45) is 5.72. The molecule has 0 amide bonds. The van der Waals surface area contributed by atoms with E-state index < -0.39 is 0 Å². The van der Waals surface area contributed by atoms with Crippen LogP contribution in [0, 0.1) is 5.82 Å². The molecule has 0 aliphatic carbocycles. The number of methoxy groups -OCH3 is 1. The predicted octanol–water partition coefficient (Wildman–Crippen LogP) is 7.17. The molecule has 2 aromatic carbocycles. The molecule has 3 rings (SSSR count). The van der Waals surface area contributed by atoms with Gasteiger partial charge in [0.2, 0.25) is 0 Å². The second kappa shape index (κ2) is 9.75. The Bertz CT molecular complexity index is 1040. The van der Waals surface area contributed by atoms with Crippen molar-refractivity contribution < 1.29 is 13.9 Å². The van der Waals surface area contributed by atoms with E-state index in [1.165, 1.54) is 19.2 Å². The lowest BCUT2D eigenvalue weighted by Gasteiger charge is -2.15. The minimum atomic E-state index is -0.295. The highest BCUT2D eigenvalue weighted by Gasteiger charge is 2.21. The number of ether oxygens (including phenoxy) is 1. The number of para-hydroxylation sites is 1. The van der Waals surface area contributed by atoms with Crippen molar-refractivity contribution in [3.8, 4) is 11.1 Å². The van der Waals surface area contributed by atoms with Gasteiger partial charge in [0.25, 0.3) is 0 Å². The number of carbonyl (C=O) groups excluding carboxylic acids is 1. The lowest BCUT2D eigenvalue weighted by molar-refractivity contribution is -0.136. The second-order valence-corrected chi connectivity index (χ2v) is 7.87. The topological polar surface area (TPSA) is 31.2 Å². The maximum atomic E-state index is 13.6. The fraction of sp³-hybridized carbons (Fsp3) is 0.346. The Balaban J connectivity index is 2.30. The van der Waals surface area contributed by atoms with Gasteiger partial charge in [0, 0.05) is 28.1 Å². The van der Waals surface area contributed by atoms with Crippen molar-refractivity contribution in [3.05, 3.63) is 65.6 Å². The first-order chi connectivity index (χ1) is 14.5. The van der Waals surface area contributed by atoms with Gasteiger partial charge in [-0.3, -0.25) is 0 Å². The molecule has 1 heterocycles. The van der Waals surface area contributed by atoms with Crippen LogP contribution in [0.2, 0.25) is 0 Å². The number of rotatable bonds is 8. The highest BCUT2D eigenvalue weighted by molar-refractivity contribution is 6.03. The highest BCUT2D eigenvalue weighted by Crippen LogP contribution is 2.38. The van der Waals surface area contributed by atoms with E-state index in [0.717, 1.165) is 47.0 Å². The molecule has 3 aromatic rings. The summed E-state index contributed by atoms with van der Waals surface area (Å²) in [5, 5.41) is 1.09. The predicted molar refractivity (Wildman–Crippen MR) is 122 cm³/mol. The van der Waals surface area contributed by atoms with Crippen molar-refractivity contribution >= 4 is 22.9 Å². The Morgan fingerprint density at radius 3 is 2.43 bits per heavy atom. The van der Waals surface area contributed by atoms with E-state index in [1.807, 2.05) is 18.2 Å². The molecule has 0 aliphatic rings. The van der Waals surface area contributed by atoms with Crippen LogP contribution in [0.3, 0.4) is 0 Å².